The van der Waals surface area contributed by atoms with Gasteiger partial charge in [0.15, 0.2) is 0 Å². The Hall–Kier alpha value is -2.03. The van der Waals surface area contributed by atoms with E-state index in [9.17, 15) is 20.0 Å². The zero-order valence-electron chi connectivity index (χ0n) is 16.3. The van der Waals surface area contributed by atoms with Gasteiger partial charge < -0.3 is 19.5 Å². The molecule has 10 heteroatoms. The van der Waals surface area contributed by atoms with Crippen molar-refractivity contribution in [3.05, 3.63) is 49.2 Å². The number of benzene rings is 1. The van der Waals surface area contributed by atoms with E-state index in [1.807, 2.05) is 0 Å². The average Bonchev–Trinajstić information content (AvgIpc) is 2.66. The zero-order valence-corrected chi connectivity index (χ0v) is 17.8. The van der Waals surface area contributed by atoms with Gasteiger partial charge in [-0.15, -0.1) is 0 Å². The molecule has 1 saturated heterocycles. The van der Waals surface area contributed by atoms with Crippen molar-refractivity contribution in [3.63, 3.8) is 0 Å². The van der Waals surface area contributed by atoms with Gasteiger partial charge in [0.25, 0.3) is 5.70 Å². The number of nitrogens with zero attached hydrogens (tertiary/aromatic N) is 2. The maximum Gasteiger partial charge on any atom is 0.314 e. The minimum absolute atomic E-state index is 0.150. The van der Waals surface area contributed by atoms with Crippen molar-refractivity contribution in [2.45, 2.75) is 37.8 Å². The van der Waals surface area contributed by atoms with Gasteiger partial charge in [-0.2, -0.15) is 0 Å². The number of carbonyl (C=O) groups is 1. The first kappa shape index (κ1) is 21.7. The molecule has 2 heterocycles. The lowest BCUT2D eigenvalue weighted by atomic mass is 9.72. The van der Waals surface area contributed by atoms with Crippen molar-refractivity contribution in [2.75, 3.05) is 20.8 Å². The minimum atomic E-state index is -1.72. The number of methoxy groups -OCH3 is 2. The molecule has 0 saturated carbocycles. The molecule has 1 aromatic carbocycles. The summed E-state index contributed by atoms with van der Waals surface area (Å²) in [5.41, 5.74) is -1.24. The molecular formula is C19H22Cl2N2O6. The second kappa shape index (κ2) is 8.01. The number of carbonyl (C=O) groups excluding carboxylic acids is 1. The van der Waals surface area contributed by atoms with Crippen molar-refractivity contribution in [1.82, 2.24) is 4.90 Å². The average molecular weight is 445 g/mol. The van der Waals surface area contributed by atoms with Gasteiger partial charge in [0.05, 0.1) is 35.8 Å². The molecule has 1 fully saturated rings. The molecule has 0 bridgehead atoms. The van der Waals surface area contributed by atoms with Gasteiger partial charge in [0.2, 0.25) is 0 Å². The van der Waals surface area contributed by atoms with E-state index in [1.165, 1.54) is 33.3 Å². The number of hydrogen-bond donors (Lipinski definition) is 1. The van der Waals surface area contributed by atoms with Gasteiger partial charge in [-0.05, 0) is 38.3 Å². The highest BCUT2D eigenvalue weighted by atomic mass is 35.5. The molecule has 0 radical (unpaired) electrons. The van der Waals surface area contributed by atoms with Crippen molar-refractivity contribution in [3.8, 4) is 5.75 Å². The Bertz CT molecular complexity index is 886. The second-order valence-corrected chi connectivity index (χ2v) is 8.12. The summed E-state index contributed by atoms with van der Waals surface area (Å²) < 4.78 is 10.3. The second-order valence-electron chi connectivity index (χ2n) is 7.28. The summed E-state index contributed by atoms with van der Waals surface area (Å²) in [4.78, 5) is 26.1. The highest BCUT2D eigenvalue weighted by molar-refractivity contribution is 6.35. The van der Waals surface area contributed by atoms with E-state index in [2.05, 4.69) is 0 Å². The smallest absolute Gasteiger partial charge is 0.314 e. The molecule has 0 aliphatic carbocycles. The highest BCUT2D eigenvalue weighted by Gasteiger charge is 2.59. The molecule has 0 unspecified atom stereocenters. The number of aliphatic hydroxyl groups is 1. The van der Waals surface area contributed by atoms with Crippen molar-refractivity contribution in [1.29, 1.82) is 0 Å². The fourth-order valence-electron chi connectivity index (χ4n) is 4.48. The quantitative estimate of drug-likeness (QED) is 0.430. The first-order valence-corrected chi connectivity index (χ1v) is 9.88. The fraction of sp³-hybridized carbons (Fsp3) is 0.526. The van der Waals surface area contributed by atoms with Crippen LogP contribution in [0.15, 0.2) is 23.5 Å². The fourth-order valence-corrected chi connectivity index (χ4v) is 5.06. The molecule has 8 nitrogen and oxygen atoms in total. The Balaban J connectivity index is 2.39. The first-order chi connectivity index (χ1) is 13.6. The van der Waals surface area contributed by atoms with Gasteiger partial charge in [-0.25, -0.2) is 0 Å². The van der Waals surface area contributed by atoms with Crippen LogP contribution >= 0.6 is 23.2 Å². The van der Waals surface area contributed by atoms with Crippen LogP contribution in [0.5, 0.6) is 5.75 Å². The van der Waals surface area contributed by atoms with Crippen LogP contribution in [-0.2, 0) is 9.53 Å². The number of fused-ring (bicyclic) bond motifs is 1. The van der Waals surface area contributed by atoms with Gasteiger partial charge in [-0.3, -0.25) is 14.9 Å². The molecule has 1 N–H and O–H groups in total. The Morgan fingerprint density at radius 2 is 2.03 bits per heavy atom. The Morgan fingerprint density at radius 3 is 2.62 bits per heavy atom. The molecule has 0 aromatic heterocycles. The monoisotopic (exact) mass is 444 g/mol. The lowest BCUT2D eigenvalue weighted by Gasteiger charge is -2.50. The van der Waals surface area contributed by atoms with Gasteiger partial charge in [0, 0.05) is 17.1 Å². The number of esters is 1. The molecule has 2 aliphatic rings. The van der Waals surface area contributed by atoms with E-state index in [1.54, 1.807) is 4.90 Å². The van der Waals surface area contributed by atoms with Crippen molar-refractivity contribution < 1.29 is 24.3 Å². The van der Waals surface area contributed by atoms with E-state index in [0.717, 1.165) is 12.8 Å². The van der Waals surface area contributed by atoms with E-state index < -0.39 is 28.5 Å². The maximum atomic E-state index is 12.8. The number of rotatable bonds is 4. The van der Waals surface area contributed by atoms with E-state index in [4.69, 9.17) is 32.7 Å². The third-order valence-corrected chi connectivity index (χ3v) is 6.16. The van der Waals surface area contributed by atoms with E-state index in [0.29, 0.717) is 18.7 Å². The molecule has 0 amide bonds. The van der Waals surface area contributed by atoms with Gasteiger partial charge in [-0.1, -0.05) is 23.2 Å². The van der Waals surface area contributed by atoms with E-state index >= 15 is 0 Å². The van der Waals surface area contributed by atoms with Crippen LogP contribution in [0.2, 0.25) is 10.0 Å². The lowest BCUT2D eigenvalue weighted by molar-refractivity contribution is -0.439. The molecule has 3 atom stereocenters. The van der Waals surface area contributed by atoms with Crippen LogP contribution in [0, 0.1) is 16.0 Å². The van der Waals surface area contributed by atoms with Crippen LogP contribution in [0.25, 0.3) is 0 Å². The standard InChI is InChI=1S/C19H22Cl2N2O6/c1-19(25)15(18(24)29-3)14(11-8-10(20)9-12(21)17(11)28-2)16(23(26)27)13-6-4-5-7-22(13)19/h8-9,14-15,25H,4-7H2,1-3H3/t14-,15+,19+/m1/s1. The number of nitro groups is 1. The Kier molecular flexibility index (Phi) is 5.98. The third-order valence-electron chi connectivity index (χ3n) is 5.66. The number of halogens is 2. The summed E-state index contributed by atoms with van der Waals surface area (Å²) in [5, 5.41) is 24.0. The van der Waals surface area contributed by atoms with Gasteiger partial charge in [0.1, 0.15) is 17.4 Å². The minimum Gasteiger partial charge on any atom is -0.495 e. The summed E-state index contributed by atoms with van der Waals surface area (Å²) in [6.45, 7) is 1.87. The molecule has 2 aliphatic heterocycles. The zero-order chi connectivity index (χ0) is 21.5. The maximum absolute atomic E-state index is 12.8. The Labute approximate surface area is 178 Å². The summed E-state index contributed by atoms with van der Waals surface area (Å²) in [7, 11) is 2.55. The molecule has 29 heavy (non-hydrogen) atoms. The summed E-state index contributed by atoms with van der Waals surface area (Å²) >= 11 is 12.4. The van der Waals surface area contributed by atoms with E-state index in [-0.39, 0.29) is 27.1 Å². The molecular weight excluding hydrogens is 423 g/mol. The van der Waals surface area contributed by atoms with Crippen molar-refractivity contribution >= 4 is 29.2 Å². The molecule has 0 spiro atoms. The van der Waals surface area contributed by atoms with Gasteiger partial charge >= 0.3 is 5.97 Å². The summed E-state index contributed by atoms with van der Waals surface area (Å²) in [6.07, 6.45) is 1.89. The SMILES string of the molecule is COC(=O)[C@@H]1[C@@H](c2cc(Cl)cc(Cl)c2OC)C([N+](=O)[O-])=C2CCCCN2[C@@]1(C)O. The normalized spacial score (nSPS) is 26.8. The van der Waals surface area contributed by atoms with Crippen LogP contribution < -0.4 is 4.74 Å². The Morgan fingerprint density at radius 1 is 1.34 bits per heavy atom. The number of hydrogen-bond acceptors (Lipinski definition) is 7. The van der Waals surface area contributed by atoms with Crippen LogP contribution in [-0.4, -0.2) is 47.4 Å². The van der Waals surface area contributed by atoms with Crippen LogP contribution in [0.1, 0.15) is 37.7 Å². The molecule has 3 rings (SSSR count). The van der Waals surface area contributed by atoms with Crippen molar-refractivity contribution in [2.24, 2.45) is 5.92 Å². The summed E-state index contributed by atoms with van der Waals surface area (Å²) in [6, 6.07) is 2.93. The number of ether oxygens (including phenoxy) is 2. The predicted molar refractivity (Wildman–Crippen MR) is 106 cm³/mol. The topological polar surface area (TPSA) is 102 Å². The largest absolute Gasteiger partial charge is 0.495 e. The number of allylic oxidation sites excluding steroid dienone is 2. The lowest BCUT2D eigenvalue weighted by Crippen LogP contribution is -2.60. The summed E-state index contributed by atoms with van der Waals surface area (Å²) in [5.74, 6) is -3.07. The predicted octanol–water partition coefficient (Wildman–Crippen LogP) is 3.57. The third kappa shape index (κ3) is 3.53. The van der Waals surface area contributed by atoms with Crippen LogP contribution in [0.3, 0.4) is 0 Å². The molecule has 1 aromatic rings. The number of piperidine rings is 1. The first-order valence-electron chi connectivity index (χ1n) is 9.13. The highest BCUT2D eigenvalue weighted by Crippen LogP contribution is 2.52. The van der Waals surface area contributed by atoms with Crippen LogP contribution in [0.4, 0.5) is 0 Å². The molecule has 158 valence electrons.